The van der Waals surface area contributed by atoms with Crippen LogP contribution in [-0.4, -0.2) is 51.6 Å². The van der Waals surface area contributed by atoms with Crippen molar-refractivity contribution >= 4 is 37.2 Å². The van der Waals surface area contributed by atoms with E-state index in [0.717, 1.165) is 6.42 Å². The van der Waals surface area contributed by atoms with Crippen molar-refractivity contribution in [2.45, 2.75) is 110 Å². The number of fused-ring (bicyclic) bond motifs is 1. The van der Waals surface area contributed by atoms with Gasteiger partial charge < -0.3 is 19.2 Å². The van der Waals surface area contributed by atoms with E-state index >= 15 is 0 Å². The molecule has 0 bridgehead atoms. The zero-order valence-electron chi connectivity index (χ0n) is 24.1. The Morgan fingerprint density at radius 1 is 1.33 bits per heavy atom. The molecule has 4 atom stereocenters. The summed E-state index contributed by atoms with van der Waals surface area (Å²) in [7, 11) is -2.41. The molecular formula is C27H40FN5O5Si. The molecular weight excluding hydrogens is 521 g/mol. The van der Waals surface area contributed by atoms with Gasteiger partial charge in [0.2, 0.25) is 5.91 Å². The van der Waals surface area contributed by atoms with Crippen LogP contribution in [0.15, 0.2) is 6.33 Å². The average molecular weight is 562 g/mol. The average Bonchev–Trinajstić information content (AvgIpc) is 3.40. The van der Waals surface area contributed by atoms with Crippen molar-refractivity contribution in [2.75, 3.05) is 5.32 Å². The lowest BCUT2D eigenvalue weighted by molar-refractivity contribution is -0.227. The minimum atomic E-state index is -2.41. The Kier molecular flexibility index (Phi) is 9.19. The van der Waals surface area contributed by atoms with E-state index < -0.39 is 38.5 Å². The molecule has 2 aromatic rings. The van der Waals surface area contributed by atoms with Gasteiger partial charge >= 0.3 is 17.8 Å². The van der Waals surface area contributed by atoms with Gasteiger partial charge in [0.05, 0.1) is 12.2 Å². The second-order valence-corrected chi connectivity index (χ2v) is 16.3. The first-order valence-electron chi connectivity index (χ1n) is 13.4. The number of anilines is 1. The summed E-state index contributed by atoms with van der Waals surface area (Å²) >= 11 is 0. The Labute approximate surface area is 230 Å². The first-order chi connectivity index (χ1) is 18.2. The fourth-order valence-electron chi connectivity index (χ4n) is 4.15. The van der Waals surface area contributed by atoms with Crippen molar-refractivity contribution in [1.29, 1.82) is 0 Å². The van der Waals surface area contributed by atoms with Gasteiger partial charge in [-0.1, -0.05) is 48.0 Å². The van der Waals surface area contributed by atoms with E-state index in [-0.39, 0.29) is 46.7 Å². The van der Waals surface area contributed by atoms with Gasteiger partial charge in [0.25, 0.3) is 0 Å². The second-order valence-electron chi connectivity index (χ2n) is 11.6. The van der Waals surface area contributed by atoms with Crippen LogP contribution in [-0.2, 0) is 23.5 Å². The van der Waals surface area contributed by atoms with Gasteiger partial charge in [-0.05, 0) is 36.9 Å². The molecule has 1 aliphatic heterocycles. The normalized spacial score (nSPS) is 22.5. The maximum atomic E-state index is 14.5. The van der Waals surface area contributed by atoms with Crippen molar-refractivity contribution < 1.29 is 27.9 Å². The number of halogens is 1. The van der Waals surface area contributed by atoms with E-state index in [2.05, 4.69) is 60.1 Å². The van der Waals surface area contributed by atoms with Gasteiger partial charge in [0, 0.05) is 12.8 Å². The molecule has 1 fully saturated rings. The van der Waals surface area contributed by atoms with Gasteiger partial charge in [-0.15, -0.1) is 6.42 Å². The van der Waals surface area contributed by atoms with Crippen LogP contribution in [0.1, 0.15) is 79.9 Å². The number of nitrogens with zero attached hydrogens (tertiary/aromatic N) is 4. The first-order valence-corrected chi connectivity index (χ1v) is 16.3. The largest absolute Gasteiger partial charge is 0.418 e. The zero-order valence-corrected chi connectivity index (χ0v) is 25.1. The Hall–Kier alpha value is -2.88. The van der Waals surface area contributed by atoms with E-state index in [4.69, 9.17) is 20.3 Å². The lowest BCUT2D eigenvalue weighted by Crippen LogP contribution is -2.52. The minimum Gasteiger partial charge on any atom is -0.418 e. The summed E-state index contributed by atoms with van der Waals surface area (Å²) < 4.78 is 34.9. The van der Waals surface area contributed by atoms with Crippen molar-refractivity contribution in [1.82, 2.24) is 19.5 Å². The molecule has 214 valence electrons. The van der Waals surface area contributed by atoms with Crippen molar-refractivity contribution in [3.05, 3.63) is 12.4 Å². The van der Waals surface area contributed by atoms with Gasteiger partial charge in [0.15, 0.2) is 25.3 Å². The molecule has 1 unspecified atom stereocenters. The highest BCUT2D eigenvalue weighted by atomic mass is 28.4. The van der Waals surface area contributed by atoms with E-state index in [1.807, 2.05) is 13.8 Å². The molecule has 1 amide bonds. The molecule has 1 N–H and O–H groups in total. The number of rotatable bonds is 10. The summed E-state index contributed by atoms with van der Waals surface area (Å²) in [6.45, 7) is 16.1. The van der Waals surface area contributed by atoms with Gasteiger partial charge in [-0.2, -0.15) is 14.4 Å². The molecule has 10 nitrogen and oxygen atoms in total. The number of esters is 1. The number of carbonyl (C=O) groups is 2. The highest BCUT2D eigenvalue weighted by Gasteiger charge is 2.56. The fourth-order valence-corrected chi connectivity index (χ4v) is 5.47. The predicted molar refractivity (Wildman–Crippen MR) is 147 cm³/mol. The third-order valence-corrected chi connectivity index (χ3v) is 11.9. The molecule has 12 heteroatoms. The van der Waals surface area contributed by atoms with Crippen LogP contribution in [0.3, 0.4) is 0 Å². The summed E-state index contributed by atoms with van der Waals surface area (Å²) in [6, 6.07) is 0. The smallest absolute Gasteiger partial charge is 0.312 e. The van der Waals surface area contributed by atoms with Crippen LogP contribution in [0.5, 0.6) is 0 Å². The van der Waals surface area contributed by atoms with Gasteiger partial charge in [-0.3, -0.25) is 14.2 Å². The summed E-state index contributed by atoms with van der Waals surface area (Å²) in [4.78, 5) is 37.2. The van der Waals surface area contributed by atoms with Crippen LogP contribution >= 0.6 is 0 Å². The second kappa shape index (κ2) is 11.7. The number of ether oxygens (including phenoxy) is 2. The van der Waals surface area contributed by atoms with Crippen LogP contribution in [0.2, 0.25) is 18.1 Å². The number of aromatic nitrogens is 4. The number of carbonyl (C=O) groups excluding carboxylic acids is 2. The maximum absolute atomic E-state index is 14.5. The Balaban J connectivity index is 2.04. The van der Waals surface area contributed by atoms with Gasteiger partial charge in [-0.25, -0.2) is 4.98 Å². The number of nitrogens with one attached hydrogen (secondary N) is 1. The highest BCUT2D eigenvalue weighted by Crippen LogP contribution is 2.46. The number of amides is 1. The molecule has 0 saturated carbocycles. The molecule has 3 rings (SSSR count). The Morgan fingerprint density at radius 3 is 2.62 bits per heavy atom. The maximum Gasteiger partial charge on any atom is 0.312 e. The van der Waals surface area contributed by atoms with E-state index in [0.29, 0.717) is 12.8 Å². The van der Waals surface area contributed by atoms with Crippen LogP contribution in [0.25, 0.3) is 11.2 Å². The standard InChI is InChI=1S/C27H40FN5O5Si/c1-10-13-17(4)24(35)37-27(12-3)18(38-39(8,9)26(5,6)7)15-20(36-27)33-16-29-21-22(30-19(34)14-11-2)31-25(28)32-23(21)33/h3,16-18,20H,10-11,13-15H2,1-2,4-9H3,(H,30,31,32,34)/t17?,18-,20+,27+/m0/s1. The van der Waals surface area contributed by atoms with E-state index in [1.165, 1.54) is 10.9 Å². The third kappa shape index (κ3) is 6.48. The monoisotopic (exact) mass is 561 g/mol. The van der Waals surface area contributed by atoms with Crippen molar-refractivity contribution in [3.8, 4) is 12.3 Å². The van der Waals surface area contributed by atoms with E-state index in [9.17, 15) is 14.0 Å². The quantitative estimate of drug-likeness (QED) is 0.179. The molecule has 1 saturated heterocycles. The molecule has 1 aliphatic rings. The first kappa shape index (κ1) is 30.7. The predicted octanol–water partition coefficient (Wildman–Crippen LogP) is 5.32. The lowest BCUT2D eigenvalue weighted by atomic mass is 10.1. The zero-order chi connectivity index (χ0) is 29.2. The van der Waals surface area contributed by atoms with Crippen molar-refractivity contribution in [3.63, 3.8) is 0 Å². The Bertz CT molecular complexity index is 1250. The number of imidazole rings is 1. The number of terminal acetylenes is 1. The lowest BCUT2D eigenvalue weighted by Gasteiger charge is -2.41. The summed E-state index contributed by atoms with van der Waals surface area (Å²) in [5.41, 5.74) is 0.293. The van der Waals surface area contributed by atoms with Crippen LogP contribution < -0.4 is 5.32 Å². The summed E-state index contributed by atoms with van der Waals surface area (Å²) in [5.74, 6) is -0.460. The molecule has 0 aliphatic carbocycles. The SMILES string of the molecule is C#C[C@]1(OC(=O)C(C)CCC)O[C@@H](n2cnc3c(NC(=O)CCC)nc(F)nc32)C[C@@H]1O[Si](C)(C)C(C)(C)C. The topological polar surface area (TPSA) is 117 Å². The molecule has 3 heterocycles. The number of hydrogen-bond acceptors (Lipinski definition) is 8. The number of hydrogen-bond donors (Lipinski definition) is 1. The van der Waals surface area contributed by atoms with Gasteiger partial charge in [0.1, 0.15) is 12.3 Å². The Morgan fingerprint density at radius 2 is 2.03 bits per heavy atom. The minimum absolute atomic E-state index is 0.0372. The molecule has 2 aromatic heterocycles. The van der Waals surface area contributed by atoms with E-state index in [1.54, 1.807) is 6.92 Å². The molecule has 0 radical (unpaired) electrons. The summed E-state index contributed by atoms with van der Waals surface area (Å²) in [6.07, 6.45) is 7.23. The third-order valence-electron chi connectivity index (χ3n) is 7.41. The summed E-state index contributed by atoms with van der Waals surface area (Å²) in [5, 5.41) is 2.44. The van der Waals surface area contributed by atoms with Crippen LogP contribution in [0.4, 0.5) is 10.2 Å². The molecule has 0 aromatic carbocycles. The van der Waals surface area contributed by atoms with Crippen molar-refractivity contribution in [2.24, 2.45) is 5.92 Å². The molecule has 0 spiro atoms. The van der Waals surface area contributed by atoms with Crippen LogP contribution in [0, 0.1) is 24.3 Å². The molecule has 39 heavy (non-hydrogen) atoms. The fraction of sp³-hybridized carbons (Fsp3) is 0.667. The highest BCUT2D eigenvalue weighted by molar-refractivity contribution is 6.74.